The minimum Gasteiger partial charge on any atom is -0.345 e. The predicted molar refractivity (Wildman–Crippen MR) is 83.0 cm³/mol. The Kier molecular flexibility index (Phi) is 4.38. The predicted octanol–water partition coefficient (Wildman–Crippen LogP) is 3.34. The van der Waals surface area contributed by atoms with Crippen LogP contribution in [0, 0.1) is 10.1 Å². The zero-order chi connectivity index (χ0) is 15.6. The Morgan fingerprint density at radius 1 is 1.43 bits per heavy atom. The van der Waals surface area contributed by atoms with Gasteiger partial charge >= 0.3 is 5.00 Å². The third-order valence-electron chi connectivity index (χ3n) is 2.72. The van der Waals surface area contributed by atoms with Crippen molar-refractivity contribution in [1.82, 2.24) is 10.3 Å². The summed E-state index contributed by atoms with van der Waals surface area (Å²) in [5.41, 5.74) is 0.969. The van der Waals surface area contributed by atoms with Crippen LogP contribution in [0.1, 0.15) is 41.1 Å². The molecule has 0 saturated heterocycles. The Hall–Kier alpha value is -1.80. The molecule has 2 aromatic rings. The van der Waals surface area contributed by atoms with E-state index in [2.05, 4.69) is 31.1 Å². The standard InChI is InChI=1S/C13H15N3O3S2/c1-13(2,3)9-7-20-10(15-9)6-14-12(17)8-4-5-11(21-8)16(18)19/h4-5,7H,6H2,1-3H3,(H,14,17). The van der Waals surface area contributed by atoms with Crippen molar-refractivity contribution in [1.29, 1.82) is 0 Å². The fourth-order valence-electron chi connectivity index (χ4n) is 1.53. The first kappa shape index (κ1) is 15.6. The molecule has 0 spiro atoms. The summed E-state index contributed by atoms with van der Waals surface area (Å²) in [7, 11) is 0. The number of thiophene rings is 1. The van der Waals surface area contributed by atoms with Crippen LogP contribution in [0.4, 0.5) is 5.00 Å². The van der Waals surface area contributed by atoms with E-state index in [1.165, 1.54) is 23.5 Å². The molecule has 1 N–H and O–H groups in total. The van der Waals surface area contributed by atoms with Crippen LogP contribution in [-0.4, -0.2) is 15.8 Å². The van der Waals surface area contributed by atoms with Gasteiger partial charge in [-0.1, -0.05) is 32.1 Å². The minimum atomic E-state index is -0.502. The molecule has 1 amide bonds. The monoisotopic (exact) mass is 325 g/mol. The molecule has 0 aliphatic heterocycles. The van der Waals surface area contributed by atoms with Gasteiger partial charge in [0.1, 0.15) is 5.01 Å². The van der Waals surface area contributed by atoms with Gasteiger partial charge in [0.2, 0.25) is 0 Å². The summed E-state index contributed by atoms with van der Waals surface area (Å²) in [5.74, 6) is -0.319. The number of nitro groups is 1. The molecular formula is C13H15N3O3S2. The van der Waals surface area contributed by atoms with Crippen LogP contribution in [0.5, 0.6) is 0 Å². The van der Waals surface area contributed by atoms with Crippen molar-refractivity contribution < 1.29 is 9.72 Å². The Labute approximate surface area is 130 Å². The highest BCUT2D eigenvalue weighted by molar-refractivity contribution is 7.17. The lowest BCUT2D eigenvalue weighted by atomic mass is 9.93. The highest BCUT2D eigenvalue weighted by Crippen LogP contribution is 2.25. The highest BCUT2D eigenvalue weighted by Gasteiger charge is 2.18. The SMILES string of the molecule is CC(C)(C)c1csc(CNC(=O)c2ccc([N+](=O)[O-])s2)n1. The van der Waals surface area contributed by atoms with Gasteiger partial charge in [0, 0.05) is 16.9 Å². The van der Waals surface area contributed by atoms with Crippen molar-refractivity contribution >= 4 is 33.6 Å². The van der Waals surface area contributed by atoms with Gasteiger partial charge in [0.25, 0.3) is 5.91 Å². The summed E-state index contributed by atoms with van der Waals surface area (Å²) in [5, 5.41) is 16.1. The molecule has 0 radical (unpaired) electrons. The second kappa shape index (κ2) is 5.90. The number of rotatable bonds is 4. The molecule has 2 aromatic heterocycles. The molecule has 0 aromatic carbocycles. The molecular weight excluding hydrogens is 310 g/mol. The molecule has 0 aliphatic rings. The topological polar surface area (TPSA) is 85.1 Å². The summed E-state index contributed by atoms with van der Waals surface area (Å²) >= 11 is 2.36. The average molecular weight is 325 g/mol. The fraction of sp³-hybridized carbons (Fsp3) is 0.385. The maximum Gasteiger partial charge on any atom is 0.324 e. The Bertz CT molecular complexity index is 670. The number of carbonyl (C=O) groups excluding carboxylic acids is 1. The Balaban J connectivity index is 1.97. The van der Waals surface area contributed by atoms with Crippen LogP contribution < -0.4 is 5.32 Å². The molecule has 0 atom stereocenters. The van der Waals surface area contributed by atoms with Gasteiger partial charge in [-0.3, -0.25) is 14.9 Å². The second-order valence-electron chi connectivity index (χ2n) is 5.45. The molecule has 0 bridgehead atoms. The summed E-state index contributed by atoms with van der Waals surface area (Å²) in [6.45, 7) is 6.56. The van der Waals surface area contributed by atoms with E-state index in [1.54, 1.807) is 0 Å². The lowest BCUT2D eigenvalue weighted by molar-refractivity contribution is -0.380. The first-order valence-electron chi connectivity index (χ1n) is 6.24. The smallest absolute Gasteiger partial charge is 0.324 e. The maximum atomic E-state index is 11.9. The zero-order valence-electron chi connectivity index (χ0n) is 11.9. The van der Waals surface area contributed by atoms with Crippen LogP contribution in [-0.2, 0) is 12.0 Å². The van der Waals surface area contributed by atoms with E-state index in [0.29, 0.717) is 11.4 Å². The van der Waals surface area contributed by atoms with Gasteiger partial charge in [-0.2, -0.15) is 0 Å². The van der Waals surface area contributed by atoms with E-state index in [9.17, 15) is 14.9 Å². The average Bonchev–Trinajstić information content (AvgIpc) is 3.04. The zero-order valence-corrected chi connectivity index (χ0v) is 13.5. The molecule has 2 rings (SSSR count). The molecule has 0 fully saturated rings. The van der Waals surface area contributed by atoms with Crippen LogP contribution in [0.25, 0.3) is 0 Å². The summed E-state index contributed by atoms with van der Waals surface area (Å²) in [6.07, 6.45) is 0. The van der Waals surface area contributed by atoms with E-state index in [-0.39, 0.29) is 16.3 Å². The largest absolute Gasteiger partial charge is 0.345 e. The van der Waals surface area contributed by atoms with Crippen molar-refractivity contribution in [2.45, 2.75) is 32.7 Å². The van der Waals surface area contributed by atoms with E-state index in [0.717, 1.165) is 22.0 Å². The third-order valence-corrected chi connectivity index (χ3v) is 4.60. The molecule has 112 valence electrons. The number of hydrogen-bond acceptors (Lipinski definition) is 6. The highest BCUT2D eigenvalue weighted by atomic mass is 32.1. The number of carbonyl (C=O) groups is 1. The van der Waals surface area contributed by atoms with Crippen molar-refractivity contribution in [3.8, 4) is 0 Å². The van der Waals surface area contributed by atoms with E-state index < -0.39 is 4.92 Å². The Morgan fingerprint density at radius 3 is 2.67 bits per heavy atom. The number of nitrogens with zero attached hydrogens (tertiary/aromatic N) is 2. The molecule has 6 nitrogen and oxygen atoms in total. The molecule has 2 heterocycles. The fourth-order valence-corrected chi connectivity index (χ4v) is 3.22. The van der Waals surface area contributed by atoms with E-state index >= 15 is 0 Å². The minimum absolute atomic E-state index is 0.0207. The van der Waals surface area contributed by atoms with E-state index in [1.807, 2.05) is 5.38 Å². The lowest BCUT2D eigenvalue weighted by Gasteiger charge is -2.14. The van der Waals surface area contributed by atoms with Gasteiger partial charge in [-0.25, -0.2) is 4.98 Å². The van der Waals surface area contributed by atoms with Crippen LogP contribution >= 0.6 is 22.7 Å². The molecule has 21 heavy (non-hydrogen) atoms. The number of nitrogens with one attached hydrogen (secondary N) is 1. The van der Waals surface area contributed by atoms with E-state index in [4.69, 9.17) is 0 Å². The number of hydrogen-bond donors (Lipinski definition) is 1. The summed E-state index contributed by atoms with van der Waals surface area (Å²) in [6, 6.07) is 2.79. The summed E-state index contributed by atoms with van der Waals surface area (Å²) in [4.78, 5) is 26.8. The third kappa shape index (κ3) is 3.85. The number of amides is 1. The van der Waals surface area contributed by atoms with Crippen LogP contribution in [0.15, 0.2) is 17.5 Å². The van der Waals surface area contributed by atoms with Gasteiger partial charge in [-0.15, -0.1) is 11.3 Å². The van der Waals surface area contributed by atoms with Gasteiger partial charge in [0.05, 0.1) is 22.0 Å². The first-order chi connectivity index (χ1) is 9.77. The quantitative estimate of drug-likeness (QED) is 0.690. The normalized spacial score (nSPS) is 11.4. The Morgan fingerprint density at radius 2 is 2.14 bits per heavy atom. The molecule has 0 unspecified atom stereocenters. The summed E-state index contributed by atoms with van der Waals surface area (Å²) < 4.78 is 0. The first-order valence-corrected chi connectivity index (χ1v) is 7.94. The van der Waals surface area contributed by atoms with Crippen molar-refractivity contribution in [2.24, 2.45) is 0 Å². The van der Waals surface area contributed by atoms with Gasteiger partial charge in [0.15, 0.2) is 0 Å². The van der Waals surface area contributed by atoms with Gasteiger partial charge in [-0.05, 0) is 6.07 Å². The lowest BCUT2D eigenvalue weighted by Crippen LogP contribution is -2.22. The van der Waals surface area contributed by atoms with Crippen molar-refractivity contribution in [2.75, 3.05) is 0 Å². The number of aromatic nitrogens is 1. The number of thiazole rings is 1. The van der Waals surface area contributed by atoms with Crippen molar-refractivity contribution in [3.05, 3.63) is 43.2 Å². The van der Waals surface area contributed by atoms with Gasteiger partial charge < -0.3 is 5.32 Å². The molecule has 0 saturated carbocycles. The maximum absolute atomic E-state index is 11.9. The van der Waals surface area contributed by atoms with Crippen molar-refractivity contribution in [3.63, 3.8) is 0 Å². The molecule has 8 heteroatoms. The molecule has 0 aliphatic carbocycles. The van der Waals surface area contributed by atoms with Crippen LogP contribution in [0.3, 0.4) is 0 Å². The van der Waals surface area contributed by atoms with Crippen LogP contribution in [0.2, 0.25) is 0 Å². The second-order valence-corrected chi connectivity index (χ2v) is 7.46.